The number of hydrogen-bond donors (Lipinski definition) is 1. The lowest BCUT2D eigenvalue weighted by molar-refractivity contribution is -0.384. The molecule has 0 radical (unpaired) electrons. The van der Waals surface area contributed by atoms with Gasteiger partial charge >= 0.3 is 0 Å². The number of benzene rings is 2. The van der Waals surface area contributed by atoms with E-state index in [0.717, 1.165) is 28.9 Å². The van der Waals surface area contributed by atoms with Crippen LogP contribution < -0.4 is 14.9 Å². The molecule has 1 N–H and O–H groups in total. The van der Waals surface area contributed by atoms with E-state index in [0.29, 0.717) is 11.5 Å². The Morgan fingerprint density at radius 2 is 1.93 bits per heavy atom. The summed E-state index contributed by atoms with van der Waals surface area (Å²) < 4.78 is 10.8. The molecule has 0 aliphatic carbocycles. The number of ether oxygens (including phenoxy) is 2. The molecule has 0 heterocycles. The Morgan fingerprint density at radius 1 is 1.21 bits per heavy atom. The molecule has 154 valence electrons. The van der Waals surface area contributed by atoms with E-state index in [9.17, 15) is 14.9 Å². The van der Waals surface area contributed by atoms with Gasteiger partial charge in [0.25, 0.3) is 5.69 Å². The monoisotopic (exact) mass is 417 g/mol. The van der Waals surface area contributed by atoms with Crippen molar-refractivity contribution in [2.45, 2.75) is 19.1 Å². The first-order valence-corrected chi connectivity index (χ1v) is 10.0. The maximum atomic E-state index is 12.0. The van der Waals surface area contributed by atoms with Crippen LogP contribution >= 0.6 is 11.8 Å². The van der Waals surface area contributed by atoms with Crippen LogP contribution in [0.5, 0.6) is 11.5 Å². The van der Waals surface area contributed by atoms with Gasteiger partial charge in [0.2, 0.25) is 5.91 Å². The van der Waals surface area contributed by atoms with Gasteiger partial charge in [0.05, 0.1) is 31.1 Å². The van der Waals surface area contributed by atoms with Crippen molar-refractivity contribution in [2.75, 3.05) is 20.0 Å². The third-order valence-corrected chi connectivity index (χ3v) is 5.07. The highest BCUT2D eigenvalue weighted by Crippen LogP contribution is 2.31. The Balaban J connectivity index is 1.87. The first-order chi connectivity index (χ1) is 14.0. The van der Waals surface area contributed by atoms with E-state index < -0.39 is 4.92 Å². The first-order valence-electron chi connectivity index (χ1n) is 8.87. The molecule has 2 aromatic rings. The van der Waals surface area contributed by atoms with Crippen LogP contribution in [0.2, 0.25) is 0 Å². The standard InChI is InChI=1S/C20H23N3O5S/c1-4-17-18(27-2)10-7-15(20(17)28-3)11-21-22-19(24)13-29-12-14-5-8-16(9-6-14)23(25)26/h5-11H,4,12-13H2,1-3H3,(H,22,24)/b21-11+. The summed E-state index contributed by atoms with van der Waals surface area (Å²) in [5, 5.41) is 14.7. The van der Waals surface area contributed by atoms with Crippen LogP contribution in [0.15, 0.2) is 41.5 Å². The van der Waals surface area contributed by atoms with E-state index in [4.69, 9.17) is 9.47 Å². The van der Waals surface area contributed by atoms with Crippen LogP contribution in [0.4, 0.5) is 5.69 Å². The molecule has 0 spiro atoms. The summed E-state index contributed by atoms with van der Waals surface area (Å²) >= 11 is 1.40. The Kier molecular flexibility index (Phi) is 8.47. The molecule has 0 saturated carbocycles. The summed E-state index contributed by atoms with van der Waals surface area (Å²) in [5.74, 6) is 1.96. The van der Waals surface area contributed by atoms with Crippen molar-refractivity contribution in [3.63, 3.8) is 0 Å². The van der Waals surface area contributed by atoms with Gasteiger partial charge in [-0.25, -0.2) is 5.43 Å². The van der Waals surface area contributed by atoms with Gasteiger partial charge in [-0.3, -0.25) is 14.9 Å². The van der Waals surface area contributed by atoms with Crippen molar-refractivity contribution in [3.8, 4) is 11.5 Å². The minimum Gasteiger partial charge on any atom is -0.496 e. The number of hydrogen-bond acceptors (Lipinski definition) is 7. The smallest absolute Gasteiger partial charge is 0.269 e. The number of methoxy groups -OCH3 is 2. The van der Waals surface area contributed by atoms with Crippen molar-refractivity contribution in [1.82, 2.24) is 5.43 Å². The van der Waals surface area contributed by atoms with Gasteiger partial charge in [0, 0.05) is 29.0 Å². The Bertz CT molecular complexity index is 884. The number of thioether (sulfide) groups is 1. The zero-order valence-corrected chi connectivity index (χ0v) is 17.3. The van der Waals surface area contributed by atoms with Gasteiger partial charge in [-0.15, -0.1) is 11.8 Å². The maximum absolute atomic E-state index is 12.0. The minimum absolute atomic E-state index is 0.0472. The molecular weight excluding hydrogens is 394 g/mol. The highest BCUT2D eigenvalue weighted by molar-refractivity contribution is 7.99. The van der Waals surface area contributed by atoms with E-state index >= 15 is 0 Å². The van der Waals surface area contributed by atoms with Gasteiger partial charge in [0.1, 0.15) is 11.5 Å². The first kappa shape index (κ1) is 22.2. The average Bonchev–Trinajstić information content (AvgIpc) is 2.73. The third kappa shape index (κ3) is 6.21. The fourth-order valence-corrected chi connectivity index (χ4v) is 3.46. The van der Waals surface area contributed by atoms with Crippen LogP contribution in [0.1, 0.15) is 23.6 Å². The van der Waals surface area contributed by atoms with Crippen molar-refractivity contribution < 1.29 is 19.2 Å². The number of rotatable bonds is 10. The van der Waals surface area contributed by atoms with E-state index in [-0.39, 0.29) is 17.3 Å². The molecule has 8 nitrogen and oxygen atoms in total. The normalized spacial score (nSPS) is 10.7. The molecule has 0 fully saturated rings. The van der Waals surface area contributed by atoms with Crippen LogP contribution in [0.3, 0.4) is 0 Å². The SMILES string of the molecule is CCc1c(OC)ccc(/C=N/NC(=O)CSCc2ccc([N+](=O)[O-])cc2)c1OC. The molecule has 2 rings (SSSR count). The highest BCUT2D eigenvalue weighted by Gasteiger charge is 2.12. The lowest BCUT2D eigenvalue weighted by Crippen LogP contribution is -2.19. The molecule has 0 aliphatic rings. The maximum Gasteiger partial charge on any atom is 0.269 e. The summed E-state index contributed by atoms with van der Waals surface area (Å²) in [4.78, 5) is 22.2. The molecule has 0 atom stereocenters. The number of carbonyl (C=O) groups is 1. The Morgan fingerprint density at radius 3 is 2.52 bits per heavy atom. The van der Waals surface area contributed by atoms with Crippen LogP contribution in [-0.4, -0.2) is 37.0 Å². The number of carbonyl (C=O) groups excluding carboxylic acids is 1. The van der Waals surface area contributed by atoms with Crippen LogP contribution in [0, 0.1) is 10.1 Å². The van der Waals surface area contributed by atoms with E-state index in [1.165, 1.54) is 30.1 Å². The summed E-state index contributed by atoms with van der Waals surface area (Å²) in [6, 6.07) is 9.92. The van der Waals surface area contributed by atoms with E-state index in [1.807, 2.05) is 19.1 Å². The lowest BCUT2D eigenvalue weighted by atomic mass is 10.1. The third-order valence-electron chi connectivity index (χ3n) is 4.07. The fourth-order valence-electron chi connectivity index (χ4n) is 2.68. The van der Waals surface area contributed by atoms with Gasteiger partial charge < -0.3 is 9.47 Å². The van der Waals surface area contributed by atoms with Crippen LogP contribution in [0.25, 0.3) is 0 Å². The number of nitrogens with zero attached hydrogens (tertiary/aromatic N) is 2. The Hall–Kier alpha value is -3.07. The van der Waals surface area contributed by atoms with Crippen molar-refractivity contribution in [2.24, 2.45) is 5.10 Å². The second kappa shape index (κ2) is 11.1. The quantitative estimate of drug-likeness (QED) is 0.360. The molecule has 0 saturated heterocycles. The molecular formula is C20H23N3O5S. The van der Waals surface area contributed by atoms with E-state index in [2.05, 4.69) is 10.5 Å². The molecule has 0 bridgehead atoms. The zero-order chi connectivity index (χ0) is 21.2. The number of amides is 1. The number of nitrogens with one attached hydrogen (secondary N) is 1. The molecule has 0 aromatic heterocycles. The summed E-state index contributed by atoms with van der Waals surface area (Å²) in [6.07, 6.45) is 2.27. The minimum atomic E-state index is -0.441. The van der Waals surface area contributed by atoms with E-state index in [1.54, 1.807) is 26.4 Å². The molecule has 1 amide bonds. The molecule has 29 heavy (non-hydrogen) atoms. The van der Waals surface area contributed by atoms with Crippen LogP contribution in [-0.2, 0) is 17.0 Å². The summed E-state index contributed by atoms with van der Waals surface area (Å²) in [5.41, 5.74) is 5.12. The van der Waals surface area contributed by atoms with Gasteiger partial charge in [0.15, 0.2) is 0 Å². The molecule has 0 unspecified atom stereocenters. The molecule has 9 heteroatoms. The zero-order valence-electron chi connectivity index (χ0n) is 16.5. The Labute approximate surface area is 173 Å². The summed E-state index contributed by atoms with van der Waals surface area (Å²) in [6.45, 7) is 2.01. The van der Waals surface area contributed by atoms with Crippen molar-refractivity contribution >= 4 is 29.6 Å². The average molecular weight is 417 g/mol. The van der Waals surface area contributed by atoms with Crippen molar-refractivity contribution in [1.29, 1.82) is 0 Å². The fraction of sp³-hybridized carbons (Fsp3) is 0.300. The number of nitro groups is 1. The summed E-state index contributed by atoms with van der Waals surface area (Å²) in [7, 11) is 3.19. The number of non-ortho nitro benzene ring substituents is 1. The topological polar surface area (TPSA) is 103 Å². The highest BCUT2D eigenvalue weighted by atomic mass is 32.2. The molecule has 0 aliphatic heterocycles. The number of nitro benzene ring substituents is 1. The number of hydrazone groups is 1. The van der Waals surface area contributed by atoms with Gasteiger partial charge in [-0.05, 0) is 24.1 Å². The predicted molar refractivity (Wildman–Crippen MR) is 114 cm³/mol. The second-order valence-corrected chi connectivity index (χ2v) is 6.92. The van der Waals surface area contributed by atoms with Gasteiger partial charge in [-0.2, -0.15) is 5.10 Å². The predicted octanol–water partition coefficient (Wildman–Crippen LogP) is 3.56. The largest absolute Gasteiger partial charge is 0.496 e. The van der Waals surface area contributed by atoms with Crippen molar-refractivity contribution in [3.05, 3.63) is 63.2 Å². The molecule has 2 aromatic carbocycles. The van der Waals surface area contributed by atoms with Gasteiger partial charge in [-0.1, -0.05) is 19.1 Å². The lowest BCUT2D eigenvalue weighted by Gasteiger charge is -2.13. The second-order valence-electron chi connectivity index (χ2n) is 5.93.